The number of benzene rings is 1. The van der Waals surface area contributed by atoms with Crippen molar-refractivity contribution in [1.82, 2.24) is 15.1 Å². The summed E-state index contributed by atoms with van der Waals surface area (Å²) >= 11 is 6.50. The van der Waals surface area contributed by atoms with Crippen molar-refractivity contribution in [2.45, 2.75) is 25.3 Å². The molecule has 5 nitrogen and oxygen atoms in total. The number of likely N-dealkylation sites (tertiary alicyclic amines) is 1. The van der Waals surface area contributed by atoms with Gasteiger partial charge in [-0.2, -0.15) is 5.10 Å². The molecule has 0 bridgehead atoms. The number of nitrogens with zero attached hydrogens (tertiary/aromatic N) is 2. The van der Waals surface area contributed by atoms with E-state index in [-0.39, 0.29) is 0 Å². The van der Waals surface area contributed by atoms with Crippen molar-refractivity contribution in [1.29, 1.82) is 0 Å². The second-order valence-electron chi connectivity index (χ2n) is 5.88. The third-order valence-corrected chi connectivity index (χ3v) is 4.87. The molecule has 1 aliphatic heterocycles. The summed E-state index contributed by atoms with van der Waals surface area (Å²) in [4.78, 5) is 2.44. The van der Waals surface area contributed by atoms with Crippen molar-refractivity contribution in [2.24, 2.45) is 0 Å². The Hall–Kier alpha value is -1.72. The van der Waals surface area contributed by atoms with Crippen LogP contribution in [-0.4, -0.2) is 42.4 Å². The van der Waals surface area contributed by atoms with Crippen LogP contribution in [0.5, 0.6) is 11.5 Å². The number of hydrogen-bond donors (Lipinski definition) is 1. The van der Waals surface area contributed by atoms with E-state index >= 15 is 0 Å². The molecule has 1 aromatic carbocycles. The molecule has 0 spiro atoms. The first-order valence-electron chi connectivity index (χ1n) is 7.83. The van der Waals surface area contributed by atoms with E-state index in [4.69, 9.17) is 21.1 Å². The Morgan fingerprint density at radius 1 is 1.35 bits per heavy atom. The van der Waals surface area contributed by atoms with Crippen LogP contribution < -0.4 is 9.47 Å². The van der Waals surface area contributed by atoms with E-state index in [0.717, 1.165) is 25.2 Å². The van der Waals surface area contributed by atoms with Gasteiger partial charge in [-0.1, -0.05) is 17.7 Å². The highest BCUT2D eigenvalue weighted by atomic mass is 35.5. The molecule has 3 rings (SSSR count). The average Bonchev–Trinajstić information content (AvgIpc) is 3.11. The van der Waals surface area contributed by atoms with Crippen LogP contribution in [-0.2, 0) is 6.54 Å². The van der Waals surface area contributed by atoms with E-state index in [1.54, 1.807) is 14.2 Å². The van der Waals surface area contributed by atoms with Gasteiger partial charge >= 0.3 is 0 Å². The number of piperidine rings is 1. The Bertz CT molecular complexity index is 646. The second-order valence-corrected chi connectivity index (χ2v) is 6.26. The summed E-state index contributed by atoms with van der Waals surface area (Å²) in [6, 6.07) is 3.93. The summed E-state index contributed by atoms with van der Waals surface area (Å²) < 4.78 is 10.7. The highest BCUT2D eigenvalue weighted by Crippen LogP contribution is 2.38. The number of hydrogen-bond acceptors (Lipinski definition) is 4. The largest absolute Gasteiger partial charge is 0.493 e. The molecular formula is C17H22ClN3O2. The molecule has 1 saturated heterocycles. The molecule has 0 aliphatic carbocycles. The van der Waals surface area contributed by atoms with E-state index in [1.165, 1.54) is 18.4 Å². The van der Waals surface area contributed by atoms with Crippen molar-refractivity contribution >= 4 is 11.6 Å². The molecule has 2 aromatic rings. The van der Waals surface area contributed by atoms with Gasteiger partial charge in [-0.25, -0.2) is 0 Å². The lowest BCUT2D eigenvalue weighted by Crippen LogP contribution is -2.33. The third-order valence-electron chi connectivity index (χ3n) is 4.46. The molecule has 1 atom stereocenters. The number of methoxy groups -OCH3 is 2. The monoisotopic (exact) mass is 335 g/mol. The normalized spacial score (nSPS) is 18.8. The molecule has 0 saturated carbocycles. The minimum atomic E-state index is 0.529. The predicted molar refractivity (Wildman–Crippen MR) is 90.4 cm³/mol. The Labute approximate surface area is 141 Å². The van der Waals surface area contributed by atoms with Crippen LogP contribution in [0.2, 0.25) is 5.02 Å². The first kappa shape index (κ1) is 16.1. The zero-order valence-corrected chi connectivity index (χ0v) is 14.3. The Balaban J connectivity index is 1.74. The molecule has 1 N–H and O–H groups in total. The molecule has 6 heteroatoms. The molecule has 0 radical (unpaired) electrons. The van der Waals surface area contributed by atoms with Crippen molar-refractivity contribution in [3.05, 3.63) is 40.7 Å². The molecule has 1 aromatic heterocycles. The number of rotatable bonds is 5. The minimum Gasteiger partial charge on any atom is -0.493 e. The standard InChI is InChI=1S/C17H22ClN3O2/c1-22-15-6-5-13(16(18)17(15)23-2)11-21-7-3-4-12(10-21)14-8-19-20-9-14/h5-6,8-9,12H,3-4,7,10-11H2,1-2H3,(H,19,20)/t12-/m0/s1. The fourth-order valence-electron chi connectivity index (χ4n) is 3.25. The summed E-state index contributed by atoms with van der Waals surface area (Å²) in [5.74, 6) is 1.80. The molecule has 23 heavy (non-hydrogen) atoms. The maximum absolute atomic E-state index is 6.50. The lowest BCUT2D eigenvalue weighted by Gasteiger charge is -2.32. The number of aromatic amines is 1. The molecule has 1 fully saturated rings. The van der Waals surface area contributed by atoms with Gasteiger partial charge in [0, 0.05) is 19.3 Å². The quantitative estimate of drug-likeness (QED) is 0.909. The SMILES string of the molecule is COc1ccc(CN2CCC[C@H](c3cn[nH]c3)C2)c(Cl)c1OC. The van der Waals surface area contributed by atoms with E-state index < -0.39 is 0 Å². The summed E-state index contributed by atoms with van der Waals surface area (Å²) in [5.41, 5.74) is 2.35. The molecule has 0 amide bonds. The van der Waals surface area contributed by atoms with E-state index in [9.17, 15) is 0 Å². The summed E-state index contributed by atoms with van der Waals surface area (Å²) in [5, 5.41) is 7.61. The molecule has 124 valence electrons. The number of nitrogens with one attached hydrogen (secondary N) is 1. The predicted octanol–water partition coefficient (Wildman–Crippen LogP) is 3.46. The van der Waals surface area contributed by atoms with Crippen LogP contribution in [0.15, 0.2) is 24.5 Å². The Morgan fingerprint density at radius 3 is 2.91 bits per heavy atom. The Morgan fingerprint density at radius 2 is 2.22 bits per heavy atom. The fourth-order valence-corrected chi connectivity index (χ4v) is 3.54. The van der Waals surface area contributed by atoms with Gasteiger partial charge < -0.3 is 9.47 Å². The van der Waals surface area contributed by atoms with Crippen LogP contribution in [0, 0.1) is 0 Å². The molecule has 1 aliphatic rings. The van der Waals surface area contributed by atoms with E-state index in [2.05, 4.69) is 15.1 Å². The highest BCUT2D eigenvalue weighted by Gasteiger charge is 2.23. The van der Waals surface area contributed by atoms with Crippen LogP contribution in [0.3, 0.4) is 0 Å². The van der Waals surface area contributed by atoms with Crippen molar-refractivity contribution in [3.63, 3.8) is 0 Å². The van der Waals surface area contributed by atoms with Gasteiger partial charge in [-0.15, -0.1) is 0 Å². The zero-order valence-electron chi connectivity index (χ0n) is 13.5. The first-order chi connectivity index (χ1) is 11.2. The van der Waals surface area contributed by atoms with E-state index in [1.807, 2.05) is 24.5 Å². The van der Waals surface area contributed by atoms with E-state index in [0.29, 0.717) is 22.4 Å². The Kier molecular flexibility index (Phi) is 5.08. The number of halogens is 1. The van der Waals surface area contributed by atoms with Crippen molar-refractivity contribution in [3.8, 4) is 11.5 Å². The zero-order chi connectivity index (χ0) is 16.2. The first-order valence-corrected chi connectivity index (χ1v) is 8.21. The van der Waals surface area contributed by atoms with Crippen molar-refractivity contribution in [2.75, 3.05) is 27.3 Å². The molecular weight excluding hydrogens is 314 g/mol. The summed E-state index contributed by atoms with van der Waals surface area (Å²) in [6.07, 6.45) is 6.31. The fraction of sp³-hybridized carbons (Fsp3) is 0.471. The smallest absolute Gasteiger partial charge is 0.179 e. The number of H-pyrrole nitrogens is 1. The second kappa shape index (κ2) is 7.23. The maximum atomic E-state index is 6.50. The van der Waals surface area contributed by atoms with Crippen LogP contribution in [0.4, 0.5) is 0 Å². The van der Waals surface area contributed by atoms with Crippen LogP contribution >= 0.6 is 11.6 Å². The summed E-state index contributed by atoms with van der Waals surface area (Å²) in [6.45, 7) is 2.91. The van der Waals surface area contributed by atoms with Crippen molar-refractivity contribution < 1.29 is 9.47 Å². The third kappa shape index (κ3) is 3.46. The van der Waals surface area contributed by atoms with Gasteiger partial charge in [0.25, 0.3) is 0 Å². The van der Waals surface area contributed by atoms with Gasteiger partial charge in [0.15, 0.2) is 11.5 Å². The summed E-state index contributed by atoms with van der Waals surface area (Å²) in [7, 11) is 3.23. The molecule has 0 unspecified atom stereocenters. The van der Waals surface area contributed by atoms with Crippen LogP contribution in [0.1, 0.15) is 29.9 Å². The maximum Gasteiger partial charge on any atom is 0.179 e. The average molecular weight is 336 g/mol. The number of aromatic nitrogens is 2. The van der Waals surface area contributed by atoms with Gasteiger partial charge in [0.05, 0.1) is 25.4 Å². The lowest BCUT2D eigenvalue weighted by atomic mass is 9.92. The topological polar surface area (TPSA) is 50.4 Å². The van der Waals surface area contributed by atoms with Gasteiger partial charge in [-0.3, -0.25) is 10.00 Å². The highest BCUT2D eigenvalue weighted by molar-refractivity contribution is 6.33. The minimum absolute atomic E-state index is 0.529. The molecule has 2 heterocycles. The van der Waals surface area contributed by atoms with Crippen LogP contribution in [0.25, 0.3) is 0 Å². The number of ether oxygens (including phenoxy) is 2. The van der Waals surface area contributed by atoms with Gasteiger partial charge in [0.2, 0.25) is 0 Å². The van der Waals surface area contributed by atoms with Gasteiger partial charge in [-0.05, 0) is 42.5 Å². The lowest BCUT2D eigenvalue weighted by molar-refractivity contribution is 0.200. The van der Waals surface area contributed by atoms with Gasteiger partial charge in [0.1, 0.15) is 0 Å².